The number of para-hydroxylation sites is 1. The van der Waals surface area contributed by atoms with Gasteiger partial charge in [0.2, 0.25) is 0 Å². The molecule has 2 aliphatic rings. The summed E-state index contributed by atoms with van der Waals surface area (Å²) in [5.74, 6) is 0. The molecule has 0 N–H and O–H groups in total. The maximum absolute atomic E-state index is 9.58. The van der Waals surface area contributed by atoms with Crippen molar-refractivity contribution in [2.45, 2.75) is 19.4 Å². The molecule has 1 atom stereocenters. The Bertz CT molecular complexity index is 788. The maximum atomic E-state index is 9.58. The fourth-order valence-electron chi connectivity index (χ4n) is 4.24. The Morgan fingerprint density at radius 3 is 2.72 bits per heavy atom. The number of rotatable bonds is 3. The van der Waals surface area contributed by atoms with Gasteiger partial charge in [-0.05, 0) is 19.0 Å². The highest BCUT2D eigenvalue weighted by molar-refractivity contribution is 5.94. The fourth-order valence-corrected chi connectivity index (χ4v) is 4.24. The van der Waals surface area contributed by atoms with E-state index in [9.17, 15) is 5.26 Å². The van der Waals surface area contributed by atoms with Crippen molar-refractivity contribution >= 4 is 16.6 Å². The van der Waals surface area contributed by atoms with Crippen LogP contribution in [0, 0.1) is 11.3 Å². The van der Waals surface area contributed by atoms with Gasteiger partial charge >= 0.3 is 0 Å². The van der Waals surface area contributed by atoms with Crippen LogP contribution in [-0.2, 0) is 0 Å². The van der Waals surface area contributed by atoms with Crippen molar-refractivity contribution in [3.8, 4) is 6.07 Å². The largest absolute Gasteiger partial charge is 0.368 e. The first-order valence-corrected chi connectivity index (χ1v) is 9.29. The standard InChI is InChI=1S/C20H25N5/c1-2-23-9-11-24(12-10-23)17-7-8-25(15-17)20-16(13-21)14-22-19-6-4-3-5-18(19)20/h3-6,14,17H,2,7-12,15H2,1H3. The van der Waals surface area contributed by atoms with E-state index >= 15 is 0 Å². The van der Waals surface area contributed by atoms with Gasteiger partial charge in [-0.1, -0.05) is 25.1 Å². The minimum atomic E-state index is 0.595. The molecule has 2 saturated heterocycles. The predicted octanol–water partition coefficient (Wildman–Crippen LogP) is 2.32. The molecule has 2 aromatic rings. The molecule has 25 heavy (non-hydrogen) atoms. The molecule has 0 spiro atoms. The van der Waals surface area contributed by atoms with Gasteiger partial charge in [0.25, 0.3) is 0 Å². The first-order valence-electron chi connectivity index (χ1n) is 9.29. The number of fused-ring (bicyclic) bond motifs is 1. The van der Waals surface area contributed by atoms with Crippen molar-refractivity contribution in [3.05, 3.63) is 36.0 Å². The van der Waals surface area contributed by atoms with Crippen molar-refractivity contribution in [2.24, 2.45) is 0 Å². The summed E-state index contributed by atoms with van der Waals surface area (Å²) >= 11 is 0. The second kappa shape index (κ2) is 6.99. The van der Waals surface area contributed by atoms with Crippen LogP contribution in [-0.4, -0.2) is 66.6 Å². The molecule has 4 rings (SSSR count). The Morgan fingerprint density at radius 2 is 1.96 bits per heavy atom. The summed E-state index contributed by atoms with van der Waals surface area (Å²) in [6.07, 6.45) is 2.90. The van der Waals surface area contributed by atoms with E-state index in [0.29, 0.717) is 11.6 Å². The zero-order chi connectivity index (χ0) is 17.2. The SMILES string of the molecule is CCN1CCN(C2CCN(c3c(C#N)cnc4ccccc34)C2)CC1. The van der Waals surface area contributed by atoms with Gasteiger partial charge in [0.05, 0.1) is 16.8 Å². The topological polar surface area (TPSA) is 46.4 Å². The third kappa shape index (κ3) is 3.08. The van der Waals surface area contributed by atoms with Crippen molar-refractivity contribution in [1.29, 1.82) is 5.26 Å². The van der Waals surface area contributed by atoms with E-state index in [1.165, 1.54) is 19.5 Å². The number of nitrogens with zero attached hydrogens (tertiary/aromatic N) is 5. The normalized spacial score (nSPS) is 22.4. The lowest BCUT2D eigenvalue weighted by molar-refractivity contribution is 0.107. The zero-order valence-electron chi connectivity index (χ0n) is 14.9. The van der Waals surface area contributed by atoms with Gasteiger partial charge in [-0.25, -0.2) is 0 Å². The lowest BCUT2D eigenvalue weighted by atomic mass is 10.1. The number of nitriles is 1. The van der Waals surface area contributed by atoms with Crippen LogP contribution in [0.1, 0.15) is 18.9 Å². The number of hydrogen-bond donors (Lipinski definition) is 0. The quantitative estimate of drug-likeness (QED) is 0.861. The van der Waals surface area contributed by atoms with Crippen LogP contribution in [0.3, 0.4) is 0 Å². The molecule has 130 valence electrons. The van der Waals surface area contributed by atoms with Crippen molar-refractivity contribution in [1.82, 2.24) is 14.8 Å². The molecule has 0 aliphatic carbocycles. The van der Waals surface area contributed by atoms with E-state index in [0.717, 1.165) is 49.3 Å². The van der Waals surface area contributed by atoms with Gasteiger partial charge < -0.3 is 9.80 Å². The molecular weight excluding hydrogens is 310 g/mol. The molecule has 3 heterocycles. The molecule has 0 amide bonds. The first kappa shape index (κ1) is 16.3. The number of benzene rings is 1. The van der Waals surface area contributed by atoms with E-state index in [2.05, 4.69) is 38.7 Å². The van der Waals surface area contributed by atoms with E-state index in [-0.39, 0.29) is 0 Å². The summed E-state index contributed by atoms with van der Waals surface area (Å²) < 4.78 is 0. The number of likely N-dealkylation sites (N-methyl/N-ethyl adjacent to an activating group) is 1. The van der Waals surface area contributed by atoms with Gasteiger partial charge in [0, 0.05) is 56.9 Å². The van der Waals surface area contributed by atoms with Crippen LogP contribution in [0.2, 0.25) is 0 Å². The number of anilines is 1. The molecule has 1 aromatic heterocycles. The molecule has 5 heteroatoms. The second-order valence-electron chi connectivity index (χ2n) is 7.01. The van der Waals surface area contributed by atoms with Crippen LogP contribution in [0.25, 0.3) is 10.9 Å². The Morgan fingerprint density at radius 1 is 1.16 bits per heavy atom. The highest BCUT2D eigenvalue weighted by Crippen LogP contribution is 2.32. The summed E-state index contributed by atoms with van der Waals surface area (Å²) in [5, 5.41) is 10.7. The van der Waals surface area contributed by atoms with Gasteiger partial charge in [-0.15, -0.1) is 0 Å². The lowest BCUT2D eigenvalue weighted by Gasteiger charge is -2.37. The summed E-state index contributed by atoms with van der Waals surface area (Å²) in [4.78, 5) is 12.0. The van der Waals surface area contributed by atoms with E-state index in [1.54, 1.807) is 6.20 Å². The number of pyridine rings is 1. The first-order chi connectivity index (χ1) is 12.3. The van der Waals surface area contributed by atoms with Crippen LogP contribution in [0.4, 0.5) is 5.69 Å². The van der Waals surface area contributed by atoms with Crippen LogP contribution in [0.5, 0.6) is 0 Å². The molecule has 0 radical (unpaired) electrons. The average Bonchev–Trinajstić information content (AvgIpc) is 3.16. The molecule has 1 unspecified atom stereocenters. The Kier molecular flexibility index (Phi) is 4.56. The molecule has 1 aromatic carbocycles. The van der Waals surface area contributed by atoms with Crippen LogP contribution < -0.4 is 4.90 Å². The van der Waals surface area contributed by atoms with Gasteiger partial charge in [0.15, 0.2) is 0 Å². The van der Waals surface area contributed by atoms with Crippen molar-refractivity contribution in [2.75, 3.05) is 50.7 Å². The highest BCUT2D eigenvalue weighted by atomic mass is 15.3. The van der Waals surface area contributed by atoms with Crippen molar-refractivity contribution in [3.63, 3.8) is 0 Å². The van der Waals surface area contributed by atoms with Gasteiger partial charge in [-0.2, -0.15) is 5.26 Å². The Balaban J connectivity index is 1.56. The highest BCUT2D eigenvalue weighted by Gasteiger charge is 2.31. The van der Waals surface area contributed by atoms with Crippen LogP contribution in [0.15, 0.2) is 30.5 Å². The zero-order valence-corrected chi connectivity index (χ0v) is 14.9. The molecule has 5 nitrogen and oxygen atoms in total. The lowest BCUT2D eigenvalue weighted by Crippen LogP contribution is -2.50. The second-order valence-corrected chi connectivity index (χ2v) is 7.01. The van der Waals surface area contributed by atoms with Gasteiger partial charge in [0.1, 0.15) is 6.07 Å². The third-order valence-corrected chi connectivity index (χ3v) is 5.72. The predicted molar refractivity (Wildman–Crippen MR) is 101 cm³/mol. The molecule has 0 saturated carbocycles. The fraction of sp³-hybridized carbons (Fsp3) is 0.500. The number of piperazine rings is 1. The maximum Gasteiger partial charge on any atom is 0.103 e. The summed E-state index contributed by atoms with van der Waals surface area (Å²) in [5.41, 5.74) is 2.73. The third-order valence-electron chi connectivity index (χ3n) is 5.72. The minimum absolute atomic E-state index is 0.595. The smallest absolute Gasteiger partial charge is 0.103 e. The summed E-state index contributed by atoms with van der Waals surface area (Å²) in [6, 6.07) is 11.1. The van der Waals surface area contributed by atoms with E-state index < -0.39 is 0 Å². The van der Waals surface area contributed by atoms with Crippen molar-refractivity contribution < 1.29 is 0 Å². The monoisotopic (exact) mass is 335 g/mol. The molecule has 2 fully saturated rings. The Labute approximate surface area is 149 Å². The van der Waals surface area contributed by atoms with E-state index in [1.807, 2.05) is 18.2 Å². The molecule has 2 aliphatic heterocycles. The number of aromatic nitrogens is 1. The summed E-state index contributed by atoms with van der Waals surface area (Å²) in [6.45, 7) is 10.1. The summed E-state index contributed by atoms with van der Waals surface area (Å²) in [7, 11) is 0. The number of hydrogen-bond acceptors (Lipinski definition) is 5. The van der Waals surface area contributed by atoms with Gasteiger partial charge in [-0.3, -0.25) is 9.88 Å². The minimum Gasteiger partial charge on any atom is -0.368 e. The van der Waals surface area contributed by atoms with Crippen LogP contribution >= 0.6 is 0 Å². The average molecular weight is 335 g/mol. The molecular formula is C20H25N5. The molecule has 0 bridgehead atoms. The van der Waals surface area contributed by atoms with E-state index in [4.69, 9.17) is 0 Å². The Hall–Kier alpha value is -2.16.